The van der Waals surface area contributed by atoms with Gasteiger partial charge in [-0.15, -0.1) is 0 Å². The molecule has 6 heteroatoms. The van der Waals surface area contributed by atoms with Gasteiger partial charge in [0.2, 0.25) is 5.91 Å². The van der Waals surface area contributed by atoms with Gasteiger partial charge in [-0.25, -0.2) is 0 Å². The number of hydrogen-bond acceptors (Lipinski definition) is 3. The number of anilines is 1. The minimum Gasteiger partial charge on any atom is -0.371 e. The summed E-state index contributed by atoms with van der Waals surface area (Å²) in [5.41, 5.74) is 7.64. The normalized spacial score (nSPS) is 27.8. The van der Waals surface area contributed by atoms with Gasteiger partial charge < -0.3 is 16.0 Å². The number of hydrogen-bond donors (Lipinski definition) is 2. The minimum absolute atomic E-state index is 0.157. The third-order valence-electron chi connectivity index (χ3n) is 7.29. The molecule has 2 aromatic rings. The molecule has 2 saturated heterocycles. The van der Waals surface area contributed by atoms with E-state index >= 15 is 0 Å². The summed E-state index contributed by atoms with van der Waals surface area (Å²) in [6.45, 7) is 5.83. The monoisotopic (exact) mass is 445 g/mol. The van der Waals surface area contributed by atoms with Crippen LogP contribution in [0.2, 0.25) is 10.0 Å². The van der Waals surface area contributed by atoms with Crippen molar-refractivity contribution in [3.63, 3.8) is 0 Å². The molecule has 0 aromatic heterocycles. The summed E-state index contributed by atoms with van der Waals surface area (Å²) in [6, 6.07) is 16.0. The molecule has 30 heavy (non-hydrogen) atoms. The van der Waals surface area contributed by atoms with Crippen LogP contribution in [0.5, 0.6) is 0 Å². The van der Waals surface area contributed by atoms with Crippen molar-refractivity contribution < 1.29 is 4.79 Å². The summed E-state index contributed by atoms with van der Waals surface area (Å²) in [7, 11) is 0. The second-order valence-electron chi connectivity index (χ2n) is 8.71. The molecule has 4 unspecified atom stereocenters. The Bertz CT molecular complexity index is 907. The van der Waals surface area contributed by atoms with Gasteiger partial charge in [0.25, 0.3) is 0 Å². The zero-order chi connectivity index (χ0) is 21.3. The van der Waals surface area contributed by atoms with Gasteiger partial charge in [0.15, 0.2) is 0 Å². The molecule has 0 spiro atoms. The second kappa shape index (κ2) is 8.78. The minimum atomic E-state index is -0.622. The number of halogens is 2. The first-order chi connectivity index (χ1) is 14.4. The Hall–Kier alpha value is -1.75. The highest BCUT2D eigenvalue weighted by atomic mass is 35.5. The van der Waals surface area contributed by atoms with E-state index in [1.807, 2.05) is 36.4 Å². The zero-order valence-corrected chi connectivity index (χ0v) is 18.8. The summed E-state index contributed by atoms with van der Waals surface area (Å²) < 4.78 is 0. The largest absolute Gasteiger partial charge is 0.371 e. The van der Waals surface area contributed by atoms with Crippen molar-refractivity contribution in [2.24, 2.45) is 23.5 Å². The van der Waals surface area contributed by atoms with Crippen LogP contribution in [0.3, 0.4) is 0 Å². The molecular weight excluding hydrogens is 417 g/mol. The number of nitrogens with zero attached hydrogens (tertiary/aromatic N) is 1. The average Bonchev–Trinajstić information content (AvgIpc) is 3.26. The van der Waals surface area contributed by atoms with E-state index in [0.29, 0.717) is 21.9 Å². The highest BCUT2D eigenvalue weighted by molar-refractivity contribution is 6.42. The van der Waals surface area contributed by atoms with Crippen molar-refractivity contribution in [2.45, 2.75) is 25.2 Å². The Morgan fingerprint density at radius 2 is 1.97 bits per heavy atom. The zero-order valence-electron chi connectivity index (χ0n) is 17.3. The molecule has 0 saturated carbocycles. The van der Waals surface area contributed by atoms with Gasteiger partial charge in [0.1, 0.15) is 0 Å². The average molecular weight is 446 g/mol. The first-order valence-electron chi connectivity index (χ1n) is 10.7. The lowest BCUT2D eigenvalue weighted by Gasteiger charge is -2.46. The SMILES string of the molecule is CC(C1CCN(c2ccc(Cl)c(Cl)c2)C1)C1CNCCC1(C(N)=O)c1ccccc1. The Balaban J connectivity index is 1.58. The lowest BCUT2D eigenvalue weighted by molar-refractivity contribution is -0.128. The number of carbonyl (C=O) groups excluding carboxylic acids is 1. The van der Waals surface area contributed by atoms with E-state index < -0.39 is 5.41 Å². The Morgan fingerprint density at radius 3 is 2.67 bits per heavy atom. The van der Waals surface area contributed by atoms with Crippen LogP contribution in [-0.2, 0) is 10.2 Å². The van der Waals surface area contributed by atoms with E-state index in [9.17, 15) is 4.79 Å². The maximum Gasteiger partial charge on any atom is 0.228 e. The Labute approximate surface area is 188 Å². The summed E-state index contributed by atoms with van der Waals surface area (Å²) in [6.07, 6.45) is 1.83. The van der Waals surface area contributed by atoms with Gasteiger partial charge in [0, 0.05) is 18.8 Å². The number of carbonyl (C=O) groups is 1. The summed E-state index contributed by atoms with van der Waals surface area (Å²) in [5, 5.41) is 4.68. The van der Waals surface area contributed by atoms with Crippen molar-refractivity contribution in [3.05, 3.63) is 64.1 Å². The van der Waals surface area contributed by atoms with Crippen molar-refractivity contribution in [1.29, 1.82) is 0 Å². The van der Waals surface area contributed by atoms with Gasteiger partial charge in [-0.1, -0.05) is 60.5 Å². The predicted octanol–water partition coefficient (Wildman–Crippen LogP) is 4.49. The molecule has 2 aromatic carbocycles. The molecule has 4 atom stereocenters. The van der Waals surface area contributed by atoms with Gasteiger partial charge in [-0.3, -0.25) is 4.79 Å². The molecule has 2 aliphatic rings. The third kappa shape index (κ3) is 3.81. The van der Waals surface area contributed by atoms with E-state index in [1.54, 1.807) is 0 Å². The lowest BCUT2D eigenvalue weighted by atomic mass is 9.59. The molecule has 3 N–H and O–H groups in total. The fourth-order valence-corrected chi connectivity index (χ4v) is 5.83. The lowest BCUT2D eigenvalue weighted by Crippen LogP contribution is -2.58. The maximum atomic E-state index is 12.9. The maximum absolute atomic E-state index is 12.9. The number of amides is 1. The predicted molar refractivity (Wildman–Crippen MR) is 124 cm³/mol. The molecule has 160 valence electrons. The Kier molecular flexibility index (Phi) is 6.29. The molecular formula is C24H29Cl2N3O. The highest BCUT2D eigenvalue weighted by Crippen LogP contribution is 2.45. The van der Waals surface area contributed by atoms with E-state index in [2.05, 4.69) is 29.3 Å². The highest BCUT2D eigenvalue weighted by Gasteiger charge is 2.50. The Morgan fingerprint density at radius 1 is 1.20 bits per heavy atom. The van der Waals surface area contributed by atoms with Gasteiger partial charge >= 0.3 is 0 Å². The van der Waals surface area contributed by atoms with Crippen molar-refractivity contribution in [2.75, 3.05) is 31.1 Å². The third-order valence-corrected chi connectivity index (χ3v) is 8.03. The van der Waals surface area contributed by atoms with Gasteiger partial charge in [-0.05, 0) is 67.4 Å². The standard InChI is InChI=1S/C24H29Cl2N3O/c1-16(17-9-12-29(15-17)19-7-8-21(25)22(26)13-19)20-14-28-11-10-24(20,23(27)30)18-5-3-2-4-6-18/h2-8,13,16-17,20,28H,9-12,14-15H2,1H3,(H2,27,30). The van der Waals surface area contributed by atoms with Crippen LogP contribution < -0.4 is 16.0 Å². The fourth-order valence-electron chi connectivity index (χ4n) is 5.54. The number of primary amides is 1. The quantitative estimate of drug-likeness (QED) is 0.712. The van der Waals surface area contributed by atoms with Crippen LogP contribution in [-0.4, -0.2) is 32.1 Å². The summed E-state index contributed by atoms with van der Waals surface area (Å²) in [4.78, 5) is 15.3. The molecule has 0 aliphatic carbocycles. The van der Waals surface area contributed by atoms with Crippen LogP contribution in [0.1, 0.15) is 25.3 Å². The van der Waals surface area contributed by atoms with Crippen LogP contribution in [0.4, 0.5) is 5.69 Å². The van der Waals surface area contributed by atoms with E-state index in [-0.39, 0.29) is 11.8 Å². The molecule has 2 aliphatic heterocycles. The molecule has 4 nitrogen and oxygen atoms in total. The van der Waals surface area contributed by atoms with E-state index in [4.69, 9.17) is 28.9 Å². The number of rotatable bonds is 5. The van der Waals surface area contributed by atoms with E-state index in [0.717, 1.165) is 50.3 Å². The number of benzene rings is 2. The fraction of sp³-hybridized carbons (Fsp3) is 0.458. The number of nitrogens with one attached hydrogen (secondary N) is 1. The number of piperidine rings is 1. The molecule has 4 rings (SSSR count). The van der Waals surface area contributed by atoms with Crippen LogP contribution in [0.25, 0.3) is 0 Å². The van der Waals surface area contributed by atoms with Crippen LogP contribution in [0, 0.1) is 17.8 Å². The molecule has 1 amide bonds. The molecule has 2 heterocycles. The van der Waals surface area contributed by atoms with E-state index in [1.165, 1.54) is 0 Å². The smallest absolute Gasteiger partial charge is 0.228 e. The summed E-state index contributed by atoms with van der Waals surface area (Å²) in [5.74, 6) is 0.779. The van der Waals surface area contributed by atoms with Crippen LogP contribution >= 0.6 is 23.2 Å². The van der Waals surface area contributed by atoms with Crippen LogP contribution in [0.15, 0.2) is 48.5 Å². The second-order valence-corrected chi connectivity index (χ2v) is 9.53. The van der Waals surface area contributed by atoms with Gasteiger partial charge in [-0.2, -0.15) is 0 Å². The van der Waals surface area contributed by atoms with Crippen molar-refractivity contribution in [1.82, 2.24) is 5.32 Å². The van der Waals surface area contributed by atoms with Crippen molar-refractivity contribution >= 4 is 34.8 Å². The summed E-state index contributed by atoms with van der Waals surface area (Å²) >= 11 is 12.3. The topological polar surface area (TPSA) is 58.4 Å². The first kappa shape index (κ1) is 21.5. The first-order valence-corrected chi connectivity index (χ1v) is 11.4. The number of nitrogens with two attached hydrogens (primary N) is 1. The molecule has 0 bridgehead atoms. The molecule has 2 fully saturated rings. The molecule has 0 radical (unpaired) electrons. The van der Waals surface area contributed by atoms with Crippen molar-refractivity contribution in [3.8, 4) is 0 Å². The van der Waals surface area contributed by atoms with Gasteiger partial charge in [0.05, 0.1) is 15.5 Å².